The maximum Gasteiger partial charge on any atom is 0.133 e. The predicted octanol–water partition coefficient (Wildman–Crippen LogP) is 3.71. The number of anilines is 1. The van der Waals surface area contributed by atoms with Gasteiger partial charge >= 0.3 is 0 Å². The van der Waals surface area contributed by atoms with Crippen LogP contribution in [0, 0.1) is 12.8 Å². The van der Waals surface area contributed by atoms with Gasteiger partial charge in [0.2, 0.25) is 0 Å². The van der Waals surface area contributed by atoms with E-state index in [0.717, 1.165) is 28.7 Å². The van der Waals surface area contributed by atoms with E-state index in [1.54, 1.807) is 0 Å². The summed E-state index contributed by atoms with van der Waals surface area (Å²) in [7, 11) is 0. The molecule has 0 amide bonds. The average Bonchev–Trinajstić information content (AvgIpc) is 2.98. The summed E-state index contributed by atoms with van der Waals surface area (Å²) >= 11 is 3.49. The van der Waals surface area contributed by atoms with E-state index in [2.05, 4.69) is 36.9 Å². The van der Waals surface area contributed by atoms with Crippen molar-refractivity contribution in [1.29, 1.82) is 0 Å². The Bertz CT molecular complexity index is 409. The first-order chi connectivity index (χ1) is 8.74. The van der Waals surface area contributed by atoms with Crippen LogP contribution in [0.25, 0.3) is 0 Å². The van der Waals surface area contributed by atoms with Gasteiger partial charge in [0, 0.05) is 18.7 Å². The van der Waals surface area contributed by atoms with Crippen LogP contribution in [0.3, 0.4) is 0 Å². The third kappa shape index (κ3) is 2.40. The fraction of sp³-hybridized carbons (Fsp3) is 0.714. The molecular formula is C14H20BrN3. The standard InChI is InChI=1S/C14H20BrN3/c1-10-16-13(15)9-14(17-10)18-8-4-7-12(18)11-5-2-3-6-11/h9,11-12H,2-8H2,1H3. The summed E-state index contributed by atoms with van der Waals surface area (Å²) in [6.07, 6.45) is 8.30. The lowest BCUT2D eigenvalue weighted by Gasteiger charge is -2.30. The first kappa shape index (κ1) is 12.4. The minimum Gasteiger partial charge on any atom is -0.353 e. The Labute approximate surface area is 117 Å². The normalized spacial score (nSPS) is 25.0. The summed E-state index contributed by atoms with van der Waals surface area (Å²) in [6.45, 7) is 3.12. The average molecular weight is 310 g/mol. The molecule has 18 heavy (non-hydrogen) atoms. The Kier molecular flexibility index (Phi) is 3.55. The Hall–Kier alpha value is -0.640. The Morgan fingerprint density at radius 2 is 1.94 bits per heavy atom. The number of aryl methyl sites for hydroxylation is 1. The molecule has 1 unspecified atom stereocenters. The van der Waals surface area contributed by atoms with Crippen molar-refractivity contribution in [3.63, 3.8) is 0 Å². The van der Waals surface area contributed by atoms with Crippen LogP contribution in [-0.4, -0.2) is 22.6 Å². The Morgan fingerprint density at radius 1 is 1.17 bits per heavy atom. The molecule has 0 aromatic carbocycles. The van der Waals surface area contributed by atoms with Gasteiger partial charge in [0.05, 0.1) is 0 Å². The van der Waals surface area contributed by atoms with Crippen LogP contribution in [0.15, 0.2) is 10.7 Å². The van der Waals surface area contributed by atoms with Gasteiger partial charge < -0.3 is 4.90 Å². The maximum absolute atomic E-state index is 4.62. The quantitative estimate of drug-likeness (QED) is 0.780. The van der Waals surface area contributed by atoms with Gasteiger partial charge in [-0.05, 0) is 54.5 Å². The molecule has 1 aliphatic heterocycles. The van der Waals surface area contributed by atoms with Gasteiger partial charge in [0.25, 0.3) is 0 Å². The second kappa shape index (κ2) is 5.16. The van der Waals surface area contributed by atoms with Gasteiger partial charge in [-0.2, -0.15) is 0 Å². The highest BCUT2D eigenvalue weighted by atomic mass is 79.9. The zero-order chi connectivity index (χ0) is 12.5. The molecule has 1 saturated carbocycles. The molecule has 0 N–H and O–H groups in total. The van der Waals surface area contributed by atoms with Gasteiger partial charge in [-0.1, -0.05) is 12.8 Å². The molecule has 0 spiro atoms. The zero-order valence-electron chi connectivity index (χ0n) is 10.9. The van der Waals surface area contributed by atoms with E-state index < -0.39 is 0 Å². The molecule has 4 heteroatoms. The third-order valence-corrected chi connectivity index (χ3v) is 4.74. The van der Waals surface area contributed by atoms with Crippen LogP contribution in [0.2, 0.25) is 0 Å². The Morgan fingerprint density at radius 3 is 2.67 bits per heavy atom. The highest BCUT2D eigenvalue weighted by Gasteiger charge is 2.34. The predicted molar refractivity (Wildman–Crippen MR) is 76.8 cm³/mol. The van der Waals surface area contributed by atoms with Crippen molar-refractivity contribution in [1.82, 2.24) is 9.97 Å². The Balaban J connectivity index is 1.85. The highest BCUT2D eigenvalue weighted by Crippen LogP contribution is 2.37. The van der Waals surface area contributed by atoms with Crippen molar-refractivity contribution in [2.45, 2.75) is 51.5 Å². The van der Waals surface area contributed by atoms with Gasteiger partial charge in [-0.15, -0.1) is 0 Å². The summed E-state index contributed by atoms with van der Waals surface area (Å²) < 4.78 is 0.905. The molecular weight excluding hydrogens is 290 g/mol. The van der Waals surface area contributed by atoms with Gasteiger partial charge in [-0.25, -0.2) is 9.97 Å². The van der Waals surface area contributed by atoms with Crippen LogP contribution in [0.5, 0.6) is 0 Å². The van der Waals surface area contributed by atoms with Crippen LogP contribution >= 0.6 is 15.9 Å². The van der Waals surface area contributed by atoms with Crippen molar-refractivity contribution in [3.05, 3.63) is 16.5 Å². The zero-order valence-corrected chi connectivity index (χ0v) is 12.5. The highest BCUT2D eigenvalue weighted by molar-refractivity contribution is 9.10. The SMILES string of the molecule is Cc1nc(Br)cc(N2CCCC2C2CCCC2)n1. The number of rotatable bonds is 2. The van der Waals surface area contributed by atoms with Gasteiger partial charge in [0.15, 0.2) is 0 Å². The summed E-state index contributed by atoms with van der Waals surface area (Å²) in [5, 5.41) is 0. The third-order valence-electron chi connectivity index (χ3n) is 4.33. The molecule has 3 nitrogen and oxygen atoms in total. The van der Waals surface area contributed by atoms with E-state index >= 15 is 0 Å². The first-order valence-corrected chi connectivity index (χ1v) is 7.81. The van der Waals surface area contributed by atoms with Gasteiger partial charge in [0.1, 0.15) is 16.2 Å². The number of aromatic nitrogens is 2. The number of nitrogens with zero attached hydrogens (tertiary/aromatic N) is 3. The lowest BCUT2D eigenvalue weighted by molar-refractivity contribution is 0.429. The van der Waals surface area contributed by atoms with E-state index in [-0.39, 0.29) is 0 Å². The van der Waals surface area contributed by atoms with E-state index in [9.17, 15) is 0 Å². The molecule has 1 aliphatic carbocycles. The van der Waals surface area contributed by atoms with Crippen LogP contribution in [0.1, 0.15) is 44.3 Å². The van der Waals surface area contributed by atoms with Crippen molar-refractivity contribution >= 4 is 21.7 Å². The molecule has 3 rings (SSSR count). The molecule has 1 aromatic heterocycles. The van der Waals surface area contributed by atoms with Crippen molar-refractivity contribution in [3.8, 4) is 0 Å². The van der Waals surface area contributed by atoms with Crippen molar-refractivity contribution in [2.24, 2.45) is 5.92 Å². The summed E-state index contributed by atoms with van der Waals surface area (Å²) in [6, 6.07) is 2.79. The smallest absolute Gasteiger partial charge is 0.133 e. The van der Waals surface area contributed by atoms with E-state index in [0.29, 0.717) is 6.04 Å². The van der Waals surface area contributed by atoms with Crippen LogP contribution < -0.4 is 4.90 Å². The summed E-state index contributed by atoms with van der Waals surface area (Å²) in [5.41, 5.74) is 0. The molecule has 0 radical (unpaired) electrons. The molecule has 2 aliphatic rings. The van der Waals surface area contributed by atoms with Crippen molar-refractivity contribution < 1.29 is 0 Å². The molecule has 1 atom stereocenters. The minimum absolute atomic E-state index is 0.716. The number of halogens is 1. The minimum atomic E-state index is 0.716. The van der Waals surface area contributed by atoms with E-state index in [1.807, 2.05) is 6.92 Å². The fourth-order valence-electron chi connectivity index (χ4n) is 3.57. The molecule has 0 bridgehead atoms. The number of hydrogen-bond acceptors (Lipinski definition) is 3. The maximum atomic E-state index is 4.62. The molecule has 1 saturated heterocycles. The molecule has 98 valence electrons. The second-order valence-corrected chi connectivity index (χ2v) is 6.36. The van der Waals surface area contributed by atoms with E-state index in [4.69, 9.17) is 0 Å². The first-order valence-electron chi connectivity index (χ1n) is 7.02. The topological polar surface area (TPSA) is 29.0 Å². The van der Waals surface area contributed by atoms with E-state index in [1.165, 1.54) is 38.5 Å². The van der Waals surface area contributed by atoms with Crippen LogP contribution in [-0.2, 0) is 0 Å². The molecule has 2 heterocycles. The van der Waals surface area contributed by atoms with Gasteiger partial charge in [-0.3, -0.25) is 0 Å². The largest absolute Gasteiger partial charge is 0.353 e. The van der Waals surface area contributed by atoms with Crippen LogP contribution in [0.4, 0.5) is 5.82 Å². The molecule has 1 aromatic rings. The summed E-state index contributed by atoms with van der Waals surface area (Å²) in [5.74, 6) is 2.86. The lowest BCUT2D eigenvalue weighted by Crippen LogP contribution is -2.35. The van der Waals surface area contributed by atoms with Crippen molar-refractivity contribution in [2.75, 3.05) is 11.4 Å². The lowest BCUT2D eigenvalue weighted by atomic mass is 9.96. The summed E-state index contributed by atoms with van der Waals surface area (Å²) in [4.78, 5) is 11.5. The monoisotopic (exact) mass is 309 g/mol. The molecule has 2 fully saturated rings. The second-order valence-electron chi connectivity index (χ2n) is 5.54. The fourth-order valence-corrected chi connectivity index (χ4v) is 4.03. The number of hydrogen-bond donors (Lipinski definition) is 0.